The topological polar surface area (TPSA) is 85.1 Å². The van der Waals surface area contributed by atoms with Crippen LogP contribution < -0.4 is 5.32 Å². The fourth-order valence-corrected chi connectivity index (χ4v) is 3.42. The van der Waals surface area contributed by atoms with E-state index in [4.69, 9.17) is 11.6 Å². The molecule has 3 rings (SSSR count). The quantitative estimate of drug-likeness (QED) is 0.515. The van der Waals surface area contributed by atoms with E-state index >= 15 is 0 Å². The highest BCUT2D eigenvalue weighted by molar-refractivity contribution is 7.19. The molecule has 126 valence electrons. The molecule has 1 N–H and O–H groups in total. The molecule has 0 aliphatic rings. The van der Waals surface area contributed by atoms with Crippen LogP contribution in [0.4, 0.5) is 10.8 Å². The maximum atomic E-state index is 11.3. The van der Waals surface area contributed by atoms with Crippen molar-refractivity contribution < 1.29 is 9.72 Å². The largest absolute Gasteiger partial charge is 0.302 e. The third-order valence-electron chi connectivity index (χ3n) is 3.37. The Morgan fingerprint density at radius 1 is 1.12 bits per heavy atom. The number of carbonyl (C=O) groups is 1. The molecule has 0 saturated heterocycles. The Kier molecular flexibility index (Phi) is 4.78. The fourth-order valence-electron chi connectivity index (χ4n) is 2.26. The van der Waals surface area contributed by atoms with E-state index in [2.05, 4.69) is 10.3 Å². The first-order chi connectivity index (χ1) is 11.9. The van der Waals surface area contributed by atoms with Gasteiger partial charge in [0.2, 0.25) is 5.91 Å². The number of rotatable bonds is 4. The number of nitrogens with one attached hydrogen (secondary N) is 1. The number of nitro groups is 1. The second kappa shape index (κ2) is 7.00. The van der Waals surface area contributed by atoms with Gasteiger partial charge >= 0.3 is 0 Å². The summed E-state index contributed by atoms with van der Waals surface area (Å²) in [4.78, 5) is 27.0. The van der Waals surface area contributed by atoms with Crippen LogP contribution in [0.1, 0.15) is 6.92 Å². The second-order valence-electron chi connectivity index (χ2n) is 5.19. The van der Waals surface area contributed by atoms with Gasteiger partial charge in [0.15, 0.2) is 5.13 Å². The molecule has 25 heavy (non-hydrogen) atoms. The van der Waals surface area contributed by atoms with E-state index < -0.39 is 4.92 Å². The molecule has 0 aliphatic heterocycles. The van der Waals surface area contributed by atoms with Gasteiger partial charge in [-0.2, -0.15) is 0 Å². The maximum Gasteiger partial charge on any atom is 0.269 e. The Morgan fingerprint density at radius 3 is 2.28 bits per heavy atom. The van der Waals surface area contributed by atoms with Crippen LogP contribution in [0.15, 0.2) is 48.5 Å². The van der Waals surface area contributed by atoms with Crippen LogP contribution in [0.3, 0.4) is 0 Å². The number of carbonyl (C=O) groups excluding carboxylic acids is 1. The third kappa shape index (κ3) is 3.84. The van der Waals surface area contributed by atoms with Gasteiger partial charge in [0.1, 0.15) is 0 Å². The van der Waals surface area contributed by atoms with E-state index in [1.807, 2.05) is 12.1 Å². The Hall–Kier alpha value is -2.77. The van der Waals surface area contributed by atoms with Crippen LogP contribution in [0.5, 0.6) is 0 Å². The van der Waals surface area contributed by atoms with Crippen molar-refractivity contribution in [3.05, 3.63) is 63.7 Å². The smallest absolute Gasteiger partial charge is 0.269 e. The molecule has 0 unspecified atom stereocenters. The number of aromatic nitrogens is 1. The lowest BCUT2D eigenvalue weighted by atomic mass is 10.1. The van der Waals surface area contributed by atoms with Gasteiger partial charge in [-0.1, -0.05) is 35.1 Å². The Balaban J connectivity index is 2.09. The average molecular weight is 374 g/mol. The SMILES string of the molecule is CC(=O)Nc1nc(-c2ccc([N+](=O)[O-])cc2)c(-c2ccc(Cl)cc2)s1. The molecule has 3 aromatic rings. The highest BCUT2D eigenvalue weighted by Crippen LogP contribution is 2.39. The number of nitrogens with zero attached hydrogens (tertiary/aromatic N) is 2. The van der Waals surface area contributed by atoms with Crippen molar-refractivity contribution in [2.24, 2.45) is 0 Å². The normalized spacial score (nSPS) is 10.5. The van der Waals surface area contributed by atoms with Gasteiger partial charge in [-0.25, -0.2) is 4.98 Å². The monoisotopic (exact) mass is 373 g/mol. The zero-order chi connectivity index (χ0) is 18.0. The van der Waals surface area contributed by atoms with Crippen LogP contribution in [0, 0.1) is 10.1 Å². The number of hydrogen-bond donors (Lipinski definition) is 1. The summed E-state index contributed by atoms with van der Waals surface area (Å²) in [6, 6.07) is 13.4. The molecule has 0 saturated carbocycles. The molecule has 1 amide bonds. The molecule has 0 bridgehead atoms. The van der Waals surface area contributed by atoms with Crippen molar-refractivity contribution in [1.82, 2.24) is 4.98 Å². The van der Waals surface area contributed by atoms with Crippen molar-refractivity contribution >= 4 is 39.7 Å². The first-order valence-electron chi connectivity index (χ1n) is 7.23. The minimum absolute atomic E-state index is 0.00843. The average Bonchev–Trinajstić information content (AvgIpc) is 2.98. The Bertz CT molecular complexity index is 937. The number of thiazole rings is 1. The molecular weight excluding hydrogens is 362 g/mol. The van der Waals surface area contributed by atoms with Crippen molar-refractivity contribution in [1.29, 1.82) is 0 Å². The molecule has 0 atom stereocenters. The van der Waals surface area contributed by atoms with Gasteiger partial charge in [0, 0.05) is 29.6 Å². The molecular formula is C17H12ClN3O3S. The van der Waals surface area contributed by atoms with E-state index in [0.29, 0.717) is 15.8 Å². The van der Waals surface area contributed by atoms with Gasteiger partial charge in [0.25, 0.3) is 5.69 Å². The summed E-state index contributed by atoms with van der Waals surface area (Å²) in [6.45, 7) is 1.41. The van der Waals surface area contributed by atoms with E-state index in [9.17, 15) is 14.9 Å². The molecule has 6 nitrogen and oxygen atoms in total. The minimum Gasteiger partial charge on any atom is -0.302 e. The number of non-ortho nitro benzene ring substituents is 1. The van der Waals surface area contributed by atoms with Gasteiger partial charge in [-0.3, -0.25) is 14.9 Å². The predicted molar refractivity (Wildman–Crippen MR) is 99.0 cm³/mol. The Morgan fingerprint density at radius 2 is 1.72 bits per heavy atom. The number of halogens is 1. The van der Waals surface area contributed by atoms with Crippen molar-refractivity contribution in [2.45, 2.75) is 6.92 Å². The highest BCUT2D eigenvalue weighted by Gasteiger charge is 2.16. The van der Waals surface area contributed by atoms with E-state index in [1.165, 1.54) is 30.4 Å². The standard InChI is InChI=1S/C17H12ClN3O3S/c1-10(22)19-17-20-15(11-4-8-14(9-5-11)21(23)24)16(25-17)12-2-6-13(18)7-3-12/h2-9H,1H3,(H,19,20,22). The van der Waals surface area contributed by atoms with Crippen molar-refractivity contribution in [2.75, 3.05) is 5.32 Å². The second-order valence-corrected chi connectivity index (χ2v) is 6.62. The van der Waals surface area contributed by atoms with Crippen LogP contribution in [-0.4, -0.2) is 15.8 Å². The third-order valence-corrected chi connectivity index (χ3v) is 4.64. The first-order valence-corrected chi connectivity index (χ1v) is 8.42. The lowest BCUT2D eigenvalue weighted by Gasteiger charge is -2.03. The zero-order valence-electron chi connectivity index (χ0n) is 13.0. The predicted octanol–water partition coefficient (Wildman–Crippen LogP) is 5.00. The zero-order valence-corrected chi connectivity index (χ0v) is 14.6. The van der Waals surface area contributed by atoms with Crippen LogP contribution >= 0.6 is 22.9 Å². The Labute approximate surface area is 152 Å². The summed E-state index contributed by atoms with van der Waals surface area (Å²) in [5.41, 5.74) is 2.27. The molecule has 1 heterocycles. The molecule has 2 aromatic carbocycles. The lowest BCUT2D eigenvalue weighted by molar-refractivity contribution is -0.384. The highest BCUT2D eigenvalue weighted by atomic mass is 35.5. The van der Waals surface area contributed by atoms with E-state index in [1.54, 1.807) is 24.3 Å². The maximum absolute atomic E-state index is 11.3. The lowest BCUT2D eigenvalue weighted by Crippen LogP contribution is -2.04. The van der Waals surface area contributed by atoms with E-state index in [-0.39, 0.29) is 11.6 Å². The first kappa shape index (κ1) is 17.1. The number of anilines is 1. The fraction of sp³-hybridized carbons (Fsp3) is 0.0588. The molecule has 0 spiro atoms. The molecule has 8 heteroatoms. The molecule has 0 aliphatic carbocycles. The number of benzene rings is 2. The summed E-state index contributed by atoms with van der Waals surface area (Å²) >= 11 is 7.28. The molecule has 1 aromatic heterocycles. The van der Waals surface area contributed by atoms with Crippen LogP contribution in [-0.2, 0) is 4.79 Å². The summed E-state index contributed by atoms with van der Waals surface area (Å²) in [6.07, 6.45) is 0. The van der Waals surface area contributed by atoms with Crippen LogP contribution in [0.25, 0.3) is 21.7 Å². The van der Waals surface area contributed by atoms with Crippen LogP contribution in [0.2, 0.25) is 5.02 Å². The summed E-state index contributed by atoms with van der Waals surface area (Å²) in [5, 5.41) is 14.6. The van der Waals surface area contributed by atoms with Gasteiger partial charge in [0.05, 0.1) is 15.5 Å². The number of hydrogen-bond acceptors (Lipinski definition) is 5. The number of amides is 1. The van der Waals surface area contributed by atoms with Gasteiger partial charge in [-0.15, -0.1) is 0 Å². The van der Waals surface area contributed by atoms with E-state index in [0.717, 1.165) is 16.0 Å². The van der Waals surface area contributed by atoms with Crippen molar-refractivity contribution in [3.63, 3.8) is 0 Å². The summed E-state index contributed by atoms with van der Waals surface area (Å²) in [5.74, 6) is -0.216. The number of nitro benzene ring substituents is 1. The summed E-state index contributed by atoms with van der Waals surface area (Å²) < 4.78 is 0. The minimum atomic E-state index is -0.451. The van der Waals surface area contributed by atoms with Gasteiger partial charge in [-0.05, 0) is 29.8 Å². The molecule has 0 radical (unpaired) electrons. The van der Waals surface area contributed by atoms with Crippen molar-refractivity contribution in [3.8, 4) is 21.7 Å². The summed E-state index contributed by atoms with van der Waals surface area (Å²) in [7, 11) is 0. The molecule has 0 fully saturated rings. The van der Waals surface area contributed by atoms with Gasteiger partial charge < -0.3 is 5.32 Å².